The van der Waals surface area contributed by atoms with E-state index in [-0.39, 0.29) is 17.6 Å². The Morgan fingerprint density at radius 2 is 2.36 bits per heavy atom. The van der Waals surface area contributed by atoms with Gasteiger partial charge in [0.25, 0.3) is 5.91 Å². The first kappa shape index (κ1) is 14.2. The summed E-state index contributed by atoms with van der Waals surface area (Å²) in [6, 6.07) is 8.04. The fraction of sp³-hybridized carbons (Fsp3) is 0.471. The van der Waals surface area contributed by atoms with E-state index in [1.54, 1.807) is 0 Å². The average Bonchev–Trinajstić information content (AvgIpc) is 3.16. The van der Waals surface area contributed by atoms with Gasteiger partial charge in [-0.15, -0.1) is 0 Å². The van der Waals surface area contributed by atoms with Crippen LogP contribution in [0.25, 0.3) is 10.9 Å². The van der Waals surface area contributed by atoms with Crippen molar-refractivity contribution in [3.05, 3.63) is 36.0 Å². The first-order valence-electron chi connectivity index (χ1n) is 7.84. The maximum atomic E-state index is 12.5. The van der Waals surface area contributed by atoms with Crippen LogP contribution >= 0.6 is 11.8 Å². The number of hydrogen-bond acceptors (Lipinski definition) is 3. The molecule has 4 rings (SSSR count). The van der Waals surface area contributed by atoms with Gasteiger partial charge in [-0.05, 0) is 48.6 Å². The summed E-state index contributed by atoms with van der Waals surface area (Å²) in [6.45, 7) is 0.751. The molecular weight excluding hydrogens is 296 g/mol. The van der Waals surface area contributed by atoms with E-state index in [1.807, 2.05) is 42.2 Å². The van der Waals surface area contributed by atoms with E-state index >= 15 is 0 Å². The Balaban J connectivity index is 1.46. The molecule has 116 valence electrons. The molecule has 2 saturated heterocycles. The van der Waals surface area contributed by atoms with Crippen LogP contribution in [0.1, 0.15) is 29.6 Å². The van der Waals surface area contributed by atoms with Gasteiger partial charge >= 0.3 is 0 Å². The molecule has 1 spiro atoms. The van der Waals surface area contributed by atoms with E-state index < -0.39 is 0 Å². The average molecular weight is 316 g/mol. The molecule has 4 nitrogen and oxygen atoms in total. The topological polar surface area (TPSA) is 54.1 Å². The molecule has 0 unspecified atom stereocenters. The summed E-state index contributed by atoms with van der Waals surface area (Å²) in [7, 11) is 0. The molecule has 5 heteroatoms. The van der Waals surface area contributed by atoms with Crippen LogP contribution in [0.3, 0.4) is 0 Å². The minimum atomic E-state index is 0.00424. The van der Waals surface area contributed by atoms with Crippen LogP contribution < -0.4 is 5.32 Å². The lowest BCUT2D eigenvalue weighted by atomic mass is 9.89. The van der Waals surface area contributed by atoms with E-state index in [9.17, 15) is 4.79 Å². The molecular formula is C17H20N2O2S. The number of hydrogen-bond donors (Lipinski definition) is 2. The molecule has 0 radical (unpaired) electrons. The van der Waals surface area contributed by atoms with E-state index in [0.29, 0.717) is 0 Å². The molecule has 22 heavy (non-hydrogen) atoms. The van der Waals surface area contributed by atoms with Gasteiger partial charge in [-0.2, -0.15) is 11.8 Å². The third-order valence-corrected chi connectivity index (χ3v) is 5.94. The number of ether oxygens (including phenoxy) is 1. The highest BCUT2D eigenvalue weighted by Gasteiger charge is 2.40. The second-order valence-corrected chi connectivity index (χ2v) is 7.38. The van der Waals surface area contributed by atoms with Crippen molar-refractivity contribution in [3.8, 4) is 0 Å². The van der Waals surface area contributed by atoms with E-state index in [2.05, 4.69) is 10.3 Å². The highest BCUT2D eigenvalue weighted by atomic mass is 32.2. The van der Waals surface area contributed by atoms with Gasteiger partial charge in [-0.3, -0.25) is 4.79 Å². The molecule has 0 saturated carbocycles. The third kappa shape index (κ3) is 2.63. The molecule has 1 aromatic heterocycles. The van der Waals surface area contributed by atoms with Crippen LogP contribution in [0.4, 0.5) is 0 Å². The third-order valence-electron chi connectivity index (χ3n) is 4.71. The largest absolute Gasteiger partial charge is 0.374 e. The lowest BCUT2D eigenvalue weighted by Crippen LogP contribution is -2.48. The first-order chi connectivity index (χ1) is 10.7. The van der Waals surface area contributed by atoms with Crippen molar-refractivity contribution in [1.29, 1.82) is 0 Å². The van der Waals surface area contributed by atoms with E-state index in [1.165, 1.54) is 5.75 Å². The van der Waals surface area contributed by atoms with Crippen LogP contribution in [0.2, 0.25) is 0 Å². The second-order valence-electron chi connectivity index (χ2n) is 6.28. The number of carbonyl (C=O) groups excluding carboxylic acids is 1. The molecule has 2 fully saturated rings. The SMILES string of the molecule is O=C(N[C@H]1CCO[C@]2(CCSC2)C1)c1ccc2cc[nH]c2c1. The normalized spacial score (nSPS) is 28.3. The molecule has 0 aliphatic carbocycles. The number of aromatic amines is 1. The van der Waals surface area contributed by atoms with Crippen molar-refractivity contribution >= 4 is 28.6 Å². The molecule has 2 atom stereocenters. The number of carbonyl (C=O) groups is 1. The molecule has 3 heterocycles. The van der Waals surface area contributed by atoms with Crippen molar-refractivity contribution < 1.29 is 9.53 Å². The lowest BCUT2D eigenvalue weighted by molar-refractivity contribution is -0.0688. The van der Waals surface area contributed by atoms with Crippen LogP contribution in [0, 0.1) is 0 Å². The van der Waals surface area contributed by atoms with Crippen molar-refractivity contribution in [2.75, 3.05) is 18.1 Å². The smallest absolute Gasteiger partial charge is 0.251 e. The zero-order valence-corrected chi connectivity index (χ0v) is 13.2. The number of thioether (sulfide) groups is 1. The first-order valence-corrected chi connectivity index (χ1v) is 8.99. The van der Waals surface area contributed by atoms with Crippen LogP contribution in [-0.2, 0) is 4.74 Å². The standard InChI is InChI=1S/C17H20N2O2S/c20-16(13-2-1-12-3-6-18-15(12)9-13)19-14-4-7-21-17(10-14)5-8-22-11-17/h1-3,6,9,14,18H,4-5,7-8,10-11H2,(H,19,20)/t14-,17+/m0/s1. The molecule has 0 bridgehead atoms. The van der Waals surface area contributed by atoms with Gasteiger partial charge < -0.3 is 15.0 Å². The summed E-state index contributed by atoms with van der Waals surface area (Å²) in [4.78, 5) is 15.7. The van der Waals surface area contributed by atoms with Crippen molar-refractivity contribution in [2.24, 2.45) is 0 Å². The van der Waals surface area contributed by atoms with Gasteiger partial charge in [0.2, 0.25) is 0 Å². The van der Waals surface area contributed by atoms with Gasteiger partial charge in [0.05, 0.1) is 5.60 Å². The van der Waals surface area contributed by atoms with E-state index in [4.69, 9.17) is 4.74 Å². The molecule has 2 aliphatic heterocycles. The summed E-state index contributed by atoms with van der Waals surface area (Å²) in [5.74, 6) is 2.25. The number of benzene rings is 1. The van der Waals surface area contributed by atoms with Crippen LogP contribution in [-0.4, -0.2) is 40.6 Å². The van der Waals surface area contributed by atoms with Gasteiger partial charge in [-0.1, -0.05) is 6.07 Å². The Hall–Kier alpha value is -1.46. The summed E-state index contributed by atoms with van der Waals surface area (Å²) < 4.78 is 6.01. The van der Waals surface area contributed by atoms with Gasteiger partial charge in [0.15, 0.2) is 0 Å². The molecule has 2 aliphatic rings. The predicted molar refractivity (Wildman–Crippen MR) is 89.4 cm³/mol. The summed E-state index contributed by atoms with van der Waals surface area (Å²) in [5.41, 5.74) is 1.73. The maximum absolute atomic E-state index is 12.5. The fourth-order valence-corrected chi connectivity index (χ4v) is 4.85. The Morgan fingerprint density at radius 1 is 1.41 bits per heavy atom. The Bertz CT molecular complexity index is 691. The van der Waals surface area contributed by atoms with Crippen molar-refractivity contribution in [2.45, 2.75) is 30.9 Å². The Kier molecular flexibility index (Phi) is 3.62. The summed E-state index contributed by atoms with van der Waals surface area (Å²) in [6.07, 6.45) is 4.85. The quantitative estimate of drug-likeness (QED) is 0.895. The van der Waals surface area contributed by atoms with Crippen molar-refractivity contribution in [1.82, 2.24) is 10.3 Å². The predicted octanol–water partition coefficient (Wildman–Crippen LogP) is 2.95. The van der Waals surface area contributed by atoms with Gasteiger partial charge in [0.1, 0.15) is 0 Å². The summed E-state index contributed by atoms with van der Waals surface area (Å²) in [5, 5.41) is 4.33. The zero-order chi connectivity index (χ0) is 15.0. The zero-order valence-electron chi connectivity index (χ0n) is 12.4. The Labute approximate surface area is 134 Å². The number of nitrogens with one attached hydrogen (secondary N) is 2. The molecule has 1 amide bonds. The highest BCUT2D eigenvalue weighted by Crippen LogP contribution is 2.38. The maximum Gasteiger partial charge on any atom is 0.251 e. The van der Waals surface area contributed by atoms with Crippen LogP contribution in [0.5, 0.6) is 0 Å². The minimum absolute atomic E-state index is 0.00424. The number of aromatic nitrogens is 1. The van der Waals surface area contributed by atoms with Gasteiger partial charge in [0, 0.05) is 35.7 Å². The number of rotatable bonds is 2. The fourth-order valence-electron chi connectivity index (χ4n) is 3.47. The van der Waals surface area contributed by atoms with Crippen LogP contribution in [0.15, 0.2) is 30.5 Å². The minimum Gasteiger partial charge on any atom is -0.374 e. The lowest BCUT2D eigenvalue weighted by Gasteiger charge is -2.38. The molecule has 2 aromatic rings. The molecule has 1 aromatic carbocycles. The van der Waals surface area contributed by atoms with Gasteiger partial charge in [-0.25, -0.2) is 0 Å². The highest BCUT2D eigenvalue weighted by molar-refractivity contribution is 7.99. The van der Waals surface area contributed by atoms with E-state index in [0.717, 1.165) is 48.1 Å². The molecule has 2 N–H and O–H groups in total. The number of fused-ring (bicyclic) bond motifs is 1. The second kappa shape index (κ2) is 5.63. The Morgan fingerprint density at radius 3 is 3.23 bits per heavy atom. The monoisotopic (exact) mass is 316 g/mol. The number of H-pyrrole nitrogens is 1. The number of amides is 1. The summed E-state index contributed by atoms with van der Waals surface area (Å²) >= 11 is 1.96. The van der Waals surface area contributed by atoms with Crippen molar-refractivity contribution in [3.63, 3.8) is 0 Å².